The van der Waals surface area contributed by atoms with Gasteiger partial charge in [-0.25, -0.2) is 0 Å². The molecule has 0 aliphatic rings. The van der Waals surface area contributed by atoms with Gasteiger partial charge in [0.05, 0.1) is 11.5 Å². The van der Waals surface area contributed by atoms with E-state index < -0.39 is 40.9 Å². The van der Waals surface area contributed by atoms with E-state index >= 15 is 0 Å². The van der Waals surface area contributed by atoms with E-state index in [-0.39, 0.29) is 5.56 Å². The van der Waals surface area contributed by atoms with Gasteiger partial charge >= 0.3 is 12.1 Å². The van der Waals surface area contributed by atoms with Crippen molar-refractivity contribution in [2.75, 3.05) is 0 Å². The molecular weight excluding hydrogens is 331 g/mol. The molecular formula is C15H17F3NO5-. The zero-order valence-electron chi connectivity index (χ0n) is 13.2. The number of carbonyl (C=O) groups excluding carboxylic acids is 2. The Balaban J connectivity index is 3.33. The van der Waals surface area contributed by atoms with E-state index in [0.717, 1.165) is 12.1 Å². The van der Waals surface area contributed by atoms with Gasteiger partial charge in [-0.1, -0.05) is 12.1 Å². The molecule has 0 aliphatic carbocycles. The number of carboxylic acid groups (broad SMARTS) is 1. The smallest absolute Gasteiger partial charge is 0.416 e. The van der Waals surface area contributed by atoms with Crippen LogP contribution in [0, 0.1) is 0 Å². The number of aliphatic carboxylic acids is 1. The number of carbonyl (C=O) groups is 2. The van der Waals surface area contributed by atoms with Crippen LogP contribution in [0.1, 0.15) is 37.8 Å². The molecule has 24 heavy (non-hydrogen) atoms. The first-order valence-corrected chi connectivity index (χ1v) is 6.79. The van der Waals surface area contributed by atoms with E-state index in [2.05, 4.69) is 0 Å². The summed E-state index contributed by atoms with van der Waals surface area (Å²) in [5.74, 6) is -5.35. The van der Waals surface area contributed by atoms with Crippen LogP contribution in [-0.2, 0) is 20.5 Å². The fourth-order valence-corrected chi connectivity index (χ4v) is 1.91. The van der Waals surface area contributed by atoms with Gasteiger partial charge in [-0.3, -0.25) is 10.5 Å². The zero-order valence-corrected chi connectivity index (χ0v) is 13.2. The van der Waals surface area contributed by atoms with E-state index in [9.17, 15) is 33.0 Å². The third-order valence-electron chi connectivity index (χ3n) is 2.98. The molecule has 0 fully saturated rings. The van der Waals surface area contributed by atoms with Gasteiger partial charge in [-0.05, 0) is 38.5 Å². The first kappa shape index (κ1) is 19.9. The van der Waals surface area contributed by atoms with Crippen molar-refractivity contribution in [3.05, 3.63) is 35.4 Å². The van der Waals surface area contributed by atoms with Crippen molar-refractivity contribution < 1.29 is 37.7 Å². The lowest BCUT2D eigenvalue weighted by molar-refractivity contribution is -0.326. The highest BCUT2D eigenvalue weighted by Crippen LogP contribution is 2.33. The van der Waals surface area contributed by atoms with E-state index in [1.54, 1.807) is 0 Å². The Labute approximate surface area is 136 Å². The molecule has 0 spiro atoms. The van der Waals surface area contributed by atoms with Crippen LogP contribution in [0.5, 0.6) is 0 Å². The van der Waals surface area contributed by atoms with Crippen LogP contribution < -0.4 is 10.8 Å². The summed E-state index contributed by atoms with van der Waals surface area (Å²) in [7, 11) is 0. The van der Waals surface area contributed by atoms with Gasteiger partial charge in [-0.2, -0.15) is 13.2 Å². The average molecular weight is 348 g/mol. The maximum absolute atomic E-state index is 12.6. The summed E-state index contributed by atoms with van der Waals surface area (Å²) in [5, 5.41) is 21.0. The van der Waals surface area contributed by atoms with E-state index in [1.807, 2.05) is 0 Å². The number of hydrogen-bond donors (Lipinski definition) is 2. The molecule has 0 amide bonds. The fraction of sp³-hybridized carbons (Fsp3) is 0.467. The molecule has 3 N–H and O–H groups in total. The second-order valence-electron chi connectivity index (χ2n) is 6.20. The van der Waals surface area contributed by atoms with Crippen LogP contribution in [0.2, 0.25) is 0 Å². The van der Waals surface area contributed by atoms with Gasteiger partial charge in [0.15, 0.2) is 5.72 Å². The van der Waals surface area contributed by atoms with Gasteiger partial charge in [0.2, 0.25) is 0 Å². The molecule has 1 rings (SSSR count). The van der Waals surface area contributed by atoms with E-state index in [1.165, 1.54) is 20.8 Å². The maximum atomic E-state index is 12.6. The van der Waals surface area contributed by atoms with Gasteiger partial charge < -0.3 is 19.7 Å². The topological polar surface area (TPSA) is 113 Å². The molecule has 0 saturated carbocycles. The summed E-state index contributed by atoms with van der Waals surface area (Å²) < 4.78 is 42.8. The minimum absolute atomic E-state index is 0.258. The number of carboxylic acids is 1. The fourth-order valence-electron chi connectivity index (χ4n) is 1.91. The average Bonchev–Trinajstić information content (AvgIpc) is 2.35. The van der Waals surface area contributed by atoms with Crippen molar-refractivity contribution in [3.8, 4) is 0 Å². The van der Waals surface area contributed by atoms with Gasteiger partial charge in [-0.15, -0.1) is 0 Å². The number of alkyl halides is 3. The molecule has 0 unspecified atom stereocenters. The number of benzene rings is 1. The first-order chi connectivity index (χ1) is 10.7. The zero-order chi connectivity index (χ0) is 18.9. The Hall–Kier alpha value is -2.13. The molecule has 1 aromatic rings. The highest BCUT2D eigenvalue weighted by atomic mass is 19.4. The maximum Gasteiger partial charge on any atom is 0.416 e. The normalized spacial score (nSPS) is 16.2. The summed E-state index contributed by atoms with van der Waals surface area (Å²) in [6, 6.07) is 2.96. The molecule has 9 heteroatoms. The minimum Gasteiger partial charge on any atom is -0.545 e. The minimum atomic E-state index is -4.62. The lowest BCUT2D eigenvalue weighted by Gasteiger charge is -2.34. The quantitative estimate of drug-likeness (QED) is 0.606. The van der Waals surface area contributed by atoms with Crippen LogP contribution in [0.3, 0.4) is 0 Å². The van der Waals surface area contributed by atoms with Crippen LogP contribution >= 0.6 is 0 Å². The Morgan fingerprint density at radius 1 is 1.17 bits per heavy atom. The van der Waals surface area contributed by atoms with Crippen molar-refractivity contribution in [3.63, 3.8) is 0 Å². The molecule has 1 aromatic carbocycles. The van der Waals surface area contributed by atoms with Crippen LogP contribution in [0.15, 0.2) is 24.3 Å². The molecule has 134 valence electrons. The van der Waals surface area contributed by atoms with Crippen LogP contribution in [0.25, 0.3) is 0 Å². The summed E-state index contributed by atoms with van der Waals surface area (Å²) in [6.45, 7) is 4.47. The molecule has 0 saturated heterocycles. The predicted molar refractivity (Wildman–Crippen MR) is 74.2 cm³/mol. The Kier molecular flexibility index (Phi) is 5.31. The molecule has 0 aromatic heterocycles. The second kappa shape index (κ2) is 6.40. The van der Waals surface area contributed by atoms with Gasteiger partial charge in [0, 0.05) is 0 Å². The highest BCUT2D eigenvalue weighted by Gasteiger charge is 2.43. The molecule has 0 bridgehead atoms. The number of ether oxygens (including phenoxy) is 1. The summed E-state index contributed by atoms with van der Waals surface area (Å²) in [5.41, 5.74) is -0.222. The Morgan fingerprint density at radius 2 is 1.62 bits per heavy atom. The number of hydrogen-bond acceptors (Lipinski definition) is 6. The monoisotopic (exact) mass is 348 g/mol. The highest BCUT2D eigenvalue weighted by molar-refractivity contribution is 5.89. The lowest BCUT2D eigenvalue weighted by atomic mass is 9.88. The summed E-state index contributed by atoms with van der Waals surface area (Å²) >= 11 is 0. The largest absolute Gasteiger partial charge is 0.545 e. The lowest BCUT2D eigenvalue weighted by Crippen LogP contribution is -2.61. The number of nitrogens with two attached hydrogens (primary N) is 1. The third kappa shape index (κ3) is 4.68. The standard InChI is InChI=1S/C15H18F3NO5/c1-13(2,3)24-11(20)10(14(19,23)12(21)22)8-4-6-9(7-5-8)15(16,17)18/h4-7,10,23H,19H2,1-3H3,(H,21,22)/p-1/t10-,14-/m1/s1. The number of aliphatic hydroxyl groups is 1. The second-order valence-corrected chi connectivity index (χ2v) is 6.20. The van der Waals surface area contributed by atoms with E-state index in [0.29, 0.717) is 12.1 Å². The van der Waals surface area contributed by atoms with Gasteiger partial charge in [0.1, 0.15) is 11.5 Å². The van der Waals surface area contributed by atoms with Crippen LogP contribution in [0.4, 0.5) is 13.2 Å². The van der Waals surface area contributed by atoms with Crippen molar-refractivity contribution in [1.29, 1.82) is 0 Å². The molecule has 2 atom stereocenters. The van der Waals surface area contributed by atoms with Crippen molar-refractivity contribution in [2.45, 2.75) is 44.2 Å². The predicted octanol–water partition coefficient (Wildman–Crippen LogP) is 0.528. The molecule has 6 nitrogen and oxygen atoms in total. The van der Waals surface area contributed by atoms with Gasteiger partial charge in [0.25, 0.3) is 0 Å². The molecule has 0 heterocycles. The van der Waals surface area contributed by atoms with Crippen molar-refractivity contribution >= 4 is 11.9 Å². The summed E-state index contributed by atoms with van der Waals surface area (Å²) in [6.07, 6.45) is -4.62. The summed E-state index contributed by atoms with van der Waals surface area (Å²) in [4.78, 5) is 23.3. The third-order valence-corrected chi connectivity index (χ3v) is 2.98. The number of rotatable bonds is 4. The number of esters is 1. The molecule has 0 radical (unpaired) electrons. The van der Waals surface area contributed by atoms with Crippen molar-refractivity contribution in [1.82, 2.24) is 0 Å². The SMILES string of the molecule is CC(C)(C)OC(=O)[C@@H](c1ccc(C(F)(F)F)cc1)[C@@](N)(O)C(=O)[O-]. The molecule has 0 aliphatic heterocycles. The first-order valence-electron chi connectivity index (χ1n) is 6.79. The van der Waals surface area contributed by atoms with Crippen molar-refractivity contribution in [2.24, 2.45) is 5.73 Å². The van der Waals surface area contributed by atoms with E-state index in [4.69, 9.17) is 10.5 Å². The Bertz CT molecular complexity index is 617. The van der Waals surface area contributed by atoms with Crippen LogP contribution in [-0.4, -0.2) is 28.4 Å². The Morgan fingerprint density at radius 3 is 1.96 bits per heavy atom. The number of halogens is 3.